The summed E-state index contributed by atoms with van der Waals surface area (Å²) in [5.41, 5.74) is 0.695. The molecule has 8 aromatic rings. The number of phenolic OH excluding ortho intramolecular Hbond substituents is 1. The van der Waals surface area contributed by atoms with Gasteiger partial charge in [0.15, 0.2) is 5.75 Å². The molecule has 18 nitrogen and oxygen atoms in total. The van der Waals surface area contributed by atoms with Gasteiger partial charge in [0, 0.05) is 38.6 Å². The Labute approximate surface area is 483 Å². The quantitative estimate of drug-likeness (QED) is 0.0231. The van der Waals surface area contributed by atoms with Crippen LogP contribution in [-0.2, 0) is 33.1 Å². The van der Waals surface area contributed by atoms with Gasteiger partial charge in [-0.3, -0.25) is 18.9 Å². The van der Waals surface area contributed by atoms with E-state index in [1.54, 1.807) is 111 Å². The number of azo groups is 2. The zero-order chi connectivity index (χ0) is 54.9. The first kappa shape index (κ1) is 59.5. The molecule has 0 unspecified atom stereocenters. The number of fused-ring (bicyclic) bond motifs is 2. The van der Waals surface area contributed by atoms with Crippen LogP contribution in [0.3, 0.4) is 0 Å². The predicted molar refractivity (Wildman–Crippen MR) is 294 cm³/mol. The number of halogens is 2. The summed E-state index contributed by atoms with van der Waals surface area (Å²) in [5.74, 6) is -1.50. The third-order valence-corrected chi connectivity index (χ3v) is 13.8. The number of amides is 1. The van der Waals surface area contributed by atoms with Crippen molar-refractivity contribution >= 4 is 149 Å². The Morgan fingerprint density at radius 2 is 1.09 bits per heavy atom. The average molecular weight is 1150 g/mol. The number of ether oxygens (including phenoxy) is 2. The number of aromatic hydroxyl groups is 1. The van der Waals surface area contributed by atoms with Crippen molar-refractivity contribution in [1.82, 2.24) is 0 Å². The van der Waals surface area contributed by atoms with E-state index in [-0.39, 0.29) is 81.7 Å². The topological polar surface area (TPSA) is 284 Å². The summed E-state index contributed by atoms with van der Waals surface area (Å²) in [5, 5.41) is 58.8. The third kappa shape index (κ3) is 14.5. The molecule has 0 aromatic heterocycles. The van der Waals surface area contributed by atoms with E-state index in [4.69, 9.17) is 32.7 Å². The van der Waals surface area contributed by atoms with Crippen LogP contribution in [0.1, 0.15) is 54.7 Å². The van der Waals surface area contributed by atoms with Crippen LogP contribution in [0.15, 0.2) is 169 Å². The number of hydrogen-bond acceptors (Lipinski definition) is 15. The largest absolute Gasteiger partial charge is 2.00 e. The van der Waals surface area contributed by atoms with Crippen molar-refractivity contribution in [3.8, 4) is 23.0 Å². The van der Waals surface area contributed by atoms with Gasteiger partial charge in [0.2, 0.25) is 0 Å². The molecular formula is C54H46CaCl2N6O12S2. The summed E-state index contributed by atoms with van der Waals surface area (Å²) < 4.78 is 78.3. The monoisotopic (exact) mass is 1140 g/mol. The van der Waals surface area contributed by atoms with Gasteiger partial charge in [0.25, 0.3) is 26.1 Å². The summed E-state index contributed by atoms with van der Waals surface area (Å²) in [7, 11) is -9.33. The van der Waals surface area contributed by atoms with Crippen molar-refractivity contribution < 1.29 is 55.5 Å². The second-order valence-corrected chi connectivity index (χ2v) is 19.9. The first-order valence-corrected chi connectivity index (χ1v) is 26.8. The molecule has 8 rings (SSSR count). The van der Waals surface area contributed by atoms with Crippen LogP contribution in [0.2, 0.25) is 10.0 Å². The van der Waals surface area contributed by atoms with Gasteiger partial charge in [-0.1, -0.05) is 103 Å². The molecule has 0 saturated heterocycles. The molecule has 0 aliphatic heterocycles. The molecule has 0 atom stereocenters. The molecule has 8 aromatic carbocycles. The fraction of sp³-hybridized carbons (Fsp3) is 0.148. The molecule has 392 valence electrons. The maximum absolute atomic E-state index is 13.4. The van der Waals surface area contributed by atoms with E-state index in [9.17, 15) is 46.1 Å². The number of aryl methyl sites for hydroxylation is 2. The fourth-order valence-corrected chi connectivity index (χ4v) is 9.56. The Hall–Kier alpha value is -6.72. The van der Waals surface area contributed by atoms with Gasteiger partial charge in [-0.15, -0.1) is 15.3 Å². The van der Waals surface area contributed by atoms with Gasteiger partial charge in [-0.25, -0.2) is 0 Å². The van der Waals surface area contributed by atoms with E-state index in [1.165, 1.54) is 36.4 Å². The number of rotatable bonds is 16. The fourth-order valence-electron chi connectivity index (χ4n) is 7.66. The van der Waals surface area contributed by atoms with Gasteiger partial charge < -0.3 is 30.1 Å². The number of phenols is 1. The molecule has 1 amide bonds. The Morgan fingerprint density at radius 1 is 0.610 bits per heavy atom. The maximum Gasteiger partial charge on any atom is 2.00 e. The van der Waals surface area contributed by atoms with Crippen molar-refractivity contribution in [3.05, 3.63) is 166 Å². The SMILES string of the molecule is CCOc1cccc(N=C([O-])c2cc3ccccc3c(N=Nc3cc(Cl)c(CC)cc3S(=O)(=O)O)c2[O-])c1.CCOc1cccc(NC(=O)c2cc3ccccc3c(N=Nc3cc(Cl)c(CC)cc3S(=O)(=O)O)c2O)c1.[Ca+2]. The first-order chi connectivity index (χ1) is 36.2. The Kier molecular flexibility index (Phi) is 20.2. The molecule has 77 heavy (non-hydrogen) atoms. The molecule has 0 aliphatic carbocycles. The molecular weight excluding hydrogens is 1100 g/mol. The minimum Gasteiger partial charge on any atom is -0.871 e. The third-order valence-electron chi connectivity index (χ3n) is 11.3. The molecule has 0 radical (unpaired) electrons. The van der Waals surface area contributed by atoms with Gasteiger partial charge in [-0.05, 0) is 121 Å². The normalized spacial score (nSPS) is 11.9. The molecule has 4 N–H and O–H groups in total. The number of aliphatic imine (C=N–C) groups is 1. The maximum atomic E-state index is 13.4. The number of hydrogen-bond donors (Lipinski definition) is 4. The second kappa shape index (κ2) is 26.1. The summed E-state index contributed by atoms with van der Waals surface area (Å²) in [6.07, 6.45) is 0.837. The Morgan fingerprint density at radius 3 is 1.61 bits per heavy atom. The second-order valence-electron chi connectivity index (χ2n) is 16.3. The van der Waals surface area contributed by atoms with Crippen molar-refractivity contribution in [2.24, 2.45) is 25.4 Å². The van der Waals surface area contributed by atoms with Crippen LogP contribution in [0.25, 0.3) is 21.5 Å². The predicted octanol–water partition coefficient (Wildman–Crippen LogP) is 12.3. The zero-order valence-corrected chi connectivity index (χ0v) is 46.9. The van der Waals surface area contributed by atoms with Crippen LogP contribution in [0, 0.1) is 0 Å². The molecule has 0 heterocycles. The Balaban J connectivity index is 0.000000246. The van der Waals surface area contributed by atoms with Crippen LogP contribution >= 0.6 is 23.2 Å². The molecule has 0 fully saturated rings. The molecule has 0 bridgehead atoms. The van der Waals surface area contributed by atoms with Gasteiger partial charge in [-0.2, -0.15) is 21.9 Å². The summed E-state index contributed by atoms with van der Waals surface area (Å²) in [6.45, 7) is 8.13. The van der Waals surface area contributed by atoms with Crippen molar-refractivity contribution in [2.75, 3.05) is 18.5 Å². The number of carbonyl (C=O) groups excluding carboxylic acids is 1. The average Bonchev–Trinajstić information content (AvgIpc) is 3.38. The van der Waals surface area contributed by atoms with Crippen molar-refractivity contribution in [3.63, 3.8) is 0 Å². The Bertz CT molecular complexity index is 3860. The first-order valence-electron chi connectivity index (χ1n) is 23.2. The van der Waals surface area contributed by atoms with E-state index in [0.717, 1.165) is 0 Å². The number of nitrogens with one attached hydrogen (secondary N) is 1. The van der Waals surface area contributed by atoms with E-state index in [0.29, 0.717) is 81.6 Å². The van der Waals surface area contributed by atoms with Crippen LogP contribution in [-0.4, -0.2) is 93.8 Å². The summed E-state index contributed by atoms with van der Waals surface area (Å²) in [6, 6.07) is 34.9. The number of nitrogens with zero attached hydrogens (tertiary/aromatic N) is 5. The van der Waals surface area contributed by atoms with Gasteiger partial charge >= 0.3 is 37.7 Å². The molecule has 0 aliphatic rings. The molecule has 23 heteroatoms. The van der Waals surface area contributed by atoms with E-state index in [1.807, 2.05) is 13.8 Å². The standard InChI is InChI=1S/2C27H24ClN3O6S.Ca/c2*1-3-16-13-24(38(34,35)36)23(15-22(16)28)30-31-25-20-11-6-5-8-17(20)12-21(26(25)32)27(33)29-18-9-7-10-19(14-18)37-4-2;/h2*5-15,32H,3-4H2,1-2H3,(H,29,33)(H,34,35,36);/q;;+2/p-2. The minimum absolute atomic E-state index is 0. The van der Waals surface area contributed by atoms with Gasteiger partial charge in [0.1, 0.15) is 38.4 Å². The molecule has 0 saturated carbocycles. The molecule has 0 spiro atoms. The number of benzene rings is 8. The van der Waals surface area contributed by atoms with Crippen molar-refractivity contribution in [2.45, 2.75) is 50.3 Å². The van der Waals surface area contributed by atoms with Crippen LogP contribution in [0.4, 0.5) is 34.1 Å². The summed E-state index contributed by atoms with van der Waals surface area (Å²) in [4.78, 5) is 16.2. The van der Waals surface area contributed by atoms with Gasteiger partial charge in [0.05, 0.1) is 30.2 Å². The smallest absolute Gasteiger partial charge is 0.871 e. The number of anilines is 1. The van der Waals surface area contributed by atoms with Crippen molar-refractivity contribution in [1.29, 1.82) is 0 Å². The summed E-state index contributed by atoms with van der Waals surface area (Å²) >= 11 is 12.5. The zero-order valence-electron chi connectivity index (χ0n) is 41.6. The van der Waals surface area contributed by atoms with Crippen LogP contribution in [0.5, 0.6) is 23.0 Å². The van der Waals surface area contributed by atoms with E-state index >= 15 is 0 Å². The number of carbonyl (C=O) groups is 1. The van der Waals surface area contributed by atoms with E-state index in [2.05, 4.69) is 30.8 Å². The van der Waals surface area contributed by atoms with Crippen LogP contribution < -0.4 is 25.0 Å². The minimum atomic E-state index is -4.67. The van der Waals surface area contributed by atoms with E-state index < -0.39 is 53.3 Å².